The summed E-state index contributed by atoms with van der Waals surface area (Å²) in [4.78, 5) is 24.5. The molecule has 5 heteroatoms. The van der Waals surface area contributed by atoms with E-state index in [1.54, 1.807) is 19.1 Å². The highest BCUT2D eigenvalue weighted by atomic mass is 16.5. The molecule has 0 aliphatic rings. The van der Waals surface area contributed by atoms with E-state index >= 15 is 0 Å². The maximum Gasteiger partial charge on any atom is 0.270 e. The van der Waals surface area contributed by atoms with Crippen LogP contribution in [0.2, 0.25) is 0 Å². The molecule has 5 nitrogen and oxygen atoms in total. The third-order valence-corrected chi connectivity index (χ3v) is 4.53. The summed E-state index contributed by atoms with van der Waals surface area (Å²) < 4.78 is 7.04. The summed E-state index contributed by atoms with van der Waals surface area (Å²) in [5.41, 5.74) is 6.63. The van der Waals surface area contributed by atoms with Gasteiger partial charge in [-0.2, -0.15) is 0 Å². The molecular weight excluding hydrogens is 352 g/mol. The van der Waals surface area contributed by atoms with Gasteiger partial charge in [-0.05, 0) is 67.3 Å². The fourth-order valence-electron chi connectivity index (χ4n) is 2.92. The molecule has 0 radical (unpaired) electrons. The molecule has 0 aliphatic carbocycles. The summed E-state index contributed by atoms with van der Waals surface area (Å²) in [6.07, 6.45) is 0.998. The Morgan fingerprint density at radius 2 is 1.61 bits per heavy atom. The van der Waals surface area contributed by atoms with Crippen LogP contribution < -0.4 is 15.7 Å². The van der Waals surface area contributed by atoms with Crippen molar-refractivity contribution in [3.8, 4) is 5.75 Å². The summed E-state index contributed by atoms with van der Waals surface area (Å²) >= 11 is 0. The lowest BCUT2D eigenvalue weighted by Crippen LogP contribution is -2.34. The van der Waals surface area contributed by atoms with Crippen LogP contribution in [0.15, 0.2) is 65.5 Å². The van der Waals surface area contributed by atoms with E-state index in [0.29, 0.717) is 17.9 Å². The first kappa shape index (κ1) is 19.4. The van der Waals surface area contributed by atoms with E-state index in [0.717, 1.165) is 23.3 Å². The van der Waals surface area contributed by atoms with Crippen molar-refractivity contribution in [2.75, 3.05) is 5.43 Å². The first-order valence-electron chi connectivity index (χ1n) is 9.28. The maximum absolute atomic E-state index is 12.5. The molecule has 1 aromatic heterocycles. The number of nitrogens with zero attached hydrogens (tertiary/aromatic N) is 1. The van der Waals surface area contributed by atoms with Gasteiger partial charge in [-0.1, -0.05) is 31.2 Å². The molecular formula is C23H24N2O3. The van der Waals surface area contributed by atoms with Gasteiger partial charge in [-0.3, -0.25) is 15.0 Å². The highest BCUT2D eigenvalue weighted by Gasteiger charge is 2.09. The Morgan fingerprint density at radius 1 is 0.964 bits per heavy atom. The first-order chi connectivity index (χ1) is 13.5. The second kappa shape index (κ2) is 8.57. The molecule has 0 atom stereocenters. The van der Waals surface area contributed by atoms with Crippen LogP contribution in [0, 0.1) is 13.8 Å². The number of carbonyl (C=O) groups excluding carboxylic acids is 1. The number of benzene rings is 2. The van der Waals surface area contributed by atoms with Gasteiger partial charge < -0.3 is 4.74 Å². The summed E-state index contributed by atoms with van der Waals surface area (Å²) in [5.74, 6) is 0.477. The zero-order chi connectivity index (χ0) is 20.1. The minimum absolute atomic E-state index is 0.259. The highest BCUT2D eigenvalue weighted by molar-refractivity contribution is 5.99. The lowest BCUT2D eigenvalue weighted by Gasteiger charge is -2.12. The summed E-state index contributed by atoms with van der Waals surface area (Å²) in [5, 5.41) is 0. The molecule has 1 amide bonds. The summed E-state index contributed by atoms with van der Waals surface area (Å²) in [6, 6.07) is 18.5. The van der Waals surface area contributed by atoms with Crippen LogP contribution >= 0.6 is 0 Å². The van der Waals surface area contributed by atoms with Gasteiger partial charge in [0.05, 0.1) is 0 Å². The van der Waals surface area contributed by atoms with E-state index in [-0.39, 0.29) is 11.5 Å². The number of carbonyl (C=O) groups is 1. The van der Waals surface area contributed by atoms with Crippen molar-refractivity contribution >= 4 is 5.91 Å². The SMILES string of the molecule is CCc1ccc(OCc2ccc(C(=O)Nn3c(C)cc(C)cc3=O)cc2)cc1. The average molecular weight is 376 g/mol. The van der Waals surface area contributed by atoms with Crippen LogP contribution in [-0.4, -0.2) is 10.6 Å². The maximum atomic E-state index is 12.5. The molecule has 0 saturated heterocycles. The average Bonchev–Trinajstić information content (AvgIpc) is 2.69. The number of hydrogen-bond donors (Lipinski definition) is 1. The molecule has 0 saturated carbocycles. The van der Waals surface area contributed by atoms with Crippen molar-refractivity contribution < 1.29 is 9.53 Å². The number of aryl methyl sites for hydroxylation is 3. The second-order valence-corrected chi connectivity index (χ2v) is 6.77. The number of amides is 1. The van der Waals surface area contributed by atoms with Gasteiger partial charge in [0.2, 0.25) is 0 Å². The van der Waals surface area contributed by atoms with Crippen LogP contribution in [0.4, 0.5) is 0 Å². The molecule has 3 aromatic rings. The molecule has 0 spiro atoms. The van der Waals surface area contributed by atoms with Crippen molar-refractivity contribution in [2.45, 2.75) is 33.8 Å². The van der Waals surface area contributed by atoms with Crippen molar-refractivity contribution in [3.63, 3.8) is 0 Å². The van der Waals surface area contributed by atoms with Crippen LogP contribution in [0.3, 0.4) is 0 Å². The molecule has 3 rings (SSSR count). The topological polar surface area (TPSA) is 60.3 Å². The Labute approximate surface area is 164 Å². The van der Waals surface area contributed by atoms with E-state index < -0.39 is 0 Å². The lowest BCUT2D eigenvalue weighted by molar-refractivity contribution is 0.101. The van der Waals surface area contributed by atoms with Gasteiger partial charge in [0.15, 0.2) is 0 Å². The Kier molecular flexibility index (Phi) is 5.94. The molecule has 1 N–H and O–H groups in total. The summed E-state index contributed by atoms with van der Waals surface area (Å²) in [6.45, 7) is 6.16. The third kappa shape index (κ3) is 4.68. The van der Waals surface area contributed by atoms with Crippen molar-refractivity contribution in [1.29, 1.82) is 0 Å². The van der Waals surface area contributed by atoms with Gasteiger partial charge in [-0.25, -0.2) is 4.68 Å². The van der Waals surface area contributed by atoms with Gasteiger partial charge in [0.1, 0.15) is 12.4 Å². The van der Waals surface area contributed by atoms with E-state index in [1.165, 1.54) is 16.3 Å². The number of nitrogens with one attached hydrogen (secondary N) is 1. The van der Waals surface area contributed by atoms with Crippen LogP contribution in [-0.2, 0) is 13.0 Å². The van der Waals surface area contributed by atoms with E-state index in [1.807, 2.05) is 37.3 Å². The van der Waals surface area contributed by atoms with Crippen molar-refractivity contribution in [2.24, 2.45) is 0 Å². The van der Waals surface area contributed by atoms with E-state index in [4.69, 9.17) is 4.74 Å². The van der Waals surface area contributed by atoms with Gasteiger partial charge >= 0.3 is 0 Å². The Bertz CT molecular complexity index is 1020. The standard InChI is InChI=1S/C23H24N2O3/c1-4-18-7-11-21(12-8-18)28-15-19-5-9-20(10-6-19)23(27)24-25-17(3)13-16(2)14-22(25)26/h5-14H,4,15H2,1-3H3,(H,24,27). The summed E-state index contributed by atoms with van der Waals surface area (Å²) in [7, 11) is 0. The number of pyridine rings is 1. The zero-order valence-electron chi connectivity index (χ0n) is 16.4. The van der Waals surface area contributed by atoms with E-state index in [2.05, 4.69) is 24.5 Å². The van der Waals surface area contributed by atoms with Crippen LogP contribution in [0.5, 0.6) is 5.75 Å². The predicted molar refractivity (Wildman–Crippen MR) is 110 cm³/mol. The molecule has 144 valence electrons. The second-order valence-electron chi connectivity index (χ2n) is 6.77. The number of aromatic nitrogens is 1. The van der Waals surface area contributed by atoms with Crippen LogP contribution in [0.1, 0.15) is 39.7 Å². The molecule has 0 aliphatic heterocycles. The highest BCUT2D eigenvalue weighted by Crippen LogP contribution is 2.15. The number of ether oxygens (including phenoxy) is 1. The fraction of sp³-hybridized carbons (Fsp3) is 0.217. The molecule has 0 unspecified atom stereocenters. The van der Waals surface area contributed by atoms with Gasteiger partial charge in [0.25, 0.3) is 11.5 Å². The van der Waals surface area contributed by atoms with Crippen molar-refractivity contribution in [3.05, 3.63) is 99.0 Å². The predicted octanol–water partition coefficient (Wildman–Crippen LogP) is 3.99. The Hall–Kier alpha value is -3.34. The fourth-order valence-corrected chi connectivity index (χ4v) is 2.92. The van der Waals surface area contributed by atoms with Crippen molar-refractivity contribution in [1.82, 2.24) is 4.68 Å². The minimum atomic E-state index is -0.336. The quantitative estimate of drug-likeness (QED) is 0.708. The molecule has 2 aromatic carbocycles. The van der Waals surface area contributed by atoms with Gasteiger partial charge in [0, 0.05) is 17.3 Å². The third-order valence-electron chi connectivity index (χ3n) is 4.53. The monoisotopic (exact) mass is 376 g/mol. The molecule has 28 heavy (non-hydrogen) atoms. The smallest absolute Gasteiger partial charge is 0.270 e. The molecule has 0 fully saturated rings. The Balaban J connectivity index is 1.63. The molecule has 0 bridgehead atoms. The molecule has 1 heterocycles. The zero-order valence-corrected chi connectivity index (χ0v) is 16.4. The number of hydrogen-bond acceptors (Lipinski definition) is 3. The normalized spacial score (nSPS) is 10.5. The van der Waals surface area contributed by atoms with Gasteiger partial charge in [-0.15, -0.1) is 0 Å². The van der Waals surface area contributed by atoms with E-state index in [9.17, 15) is 9.59 Å². The lowest BCUT2D eigenvalue weighted by atomic mass is 10.1. The van der Waals surface area contributed by atoms with Crippen LogP contribution in [0.25, 0.3) is 0 Å². The largest absolute Gasteiger partial charge is 0.489 e. The Morgan fingerprint density at radius 3 is 2.21 bits per heavy atom. The number of rotatable bonds is 6. The first-order valence-corrected chi connectivity index (χ1v) is 9.28. The minimum Gasteiger partial charge on any atom is -0.489 e.